The van der Waals surface area contributed by atoms with Crippen molar-refractivity contribution in [2.45, 2.75) is 38.3 Å². The average Bonchev–Trinajstić information content (AvgIpc) is 3.23. The molecule has 0 saturated carbocycles. The number of aromatic nitrogens is 2. The van der Waals surface area contributed by atoms with Gasteiger partial charge in [-0.25, -0.2) is 13.4 Å². The van der Waals surface area contributed by atoms with Crippen LogP contribution in [-0.2, 0) is 16.6 Å². The third-order valence-electron chi connectivity index (χ3n) is 6.09. The van der Waals surface area contributed by atoms with Crippen molar-refractivity contribution in [2.24, 2.45) is 0 Å². The number of halogens is 1. The van der Waals surface area contributed by atoms with Crippen LogP contribution in [0.15, 0.2) is 77.7 Å². The molecule has 1 N–H and O–H groups in total. The summed E-state index contributed by atoms with van der Waals surface area (Å²) in [6.07, 6.45) is 0. The number of fused-ring (bicyclic) bond motifs is 1. The predicted octanol–water partition coefficient (Wildman–Crippen LogP) is 5.26. The summed E-state index contributed by atoms with van der Waals surface area (Å²) in [5, 5.41) is 3.64. The molecule has 1 atom stereocenters. The minimum absolute atomic E-state index is 0.0969. The lowest BCUT2D eigenvalue weighted by molar-refractivity contribution is 0.0937. The molecule has 0 aliphatic rings. The first-order valence-electron chi connectivity index (χ1n) is 11.8. The van der Waals surface area contributed by atoms with Crippen molar-refractivity contribution in [3.63, 3.8) is 0 Å². The molecule has 0 fully saturated rings. The minimum Gasteiger partial charge on any atom is -0.342 e. The SMILES string of the molecule is CCN(CC)S(=O)(=O)c1cccc(C(=O)N[C@@H](C)c2nc3ccccc3n2Cc2cccc(Cl)c2)c1. The maximum absolute atomic E-state index is 13.2. The summed E-state index contributed by atoms with van der Waals surface area (Å²) >= 11 is 6.20. The summed E-state index contributed by atoms with van der Waals surface area (Å²) in [7, 11) is -3.67. The van der Waals surface area contributed by atoms with E-state index in [1.54, 1.807) is 26.0 Å². The van der Waals surface area contributed by atoms with Crippen molar-refractivity contribution >= 4 is 38.6 Å². The zero-order chi connectivity index (χ0) is 25.9. The highest BCUT2D eigenvalue weighted by Crippen LogP contribution is 2.24. The fourth-order valence-corrected chi connectivity index (χ4v) is 5.98. The van der Waals surface area contributed by atoms with Crippen LogP contribution in [0, 0.1) is 0 Å². The number of hydrogen-bond donors (Lipinski definition) is 1. The summed E-state index contributed by atoms with van der Waals surface area (Å²) in [6, 6.07) is 21.1. The molecule has 1 heterocycles. The quantitative estimate of drug-likeness (QED) is 0.324. The highest BCUT2D eigenvalue weighted by atomic mass is 35.5. The van der Waals surface area contributed by atoms with Crippen LogP contribution in [0.25, 0.3) is 11.0 Å². The van der Waals surface area contributed by atoms with Gasteiger partial charge in [0.25, 0.3) is 5.91 Å². The van der Waals surface area contributed by atoms with Crippen molar-refractivity contribution in [2.75, 3.05) is 13.1 Å². The molecule has 3 aromatic carbocycles. The van der Waals surface area contributed by atoms with Crippen LogP contribution in [0.3, 0.4) is 0 Å². The Morgan fingerprint density at radius 2 is 1.75 bits per heavy atom. The monoisotopic (exact) mass is 524 g/mol. The summed E-state index contributed by atoms with van der Waals surface area (Å²) in [5.41, 5.74) is 3.05. The van der Waals surface area contributed by atoms with Crippen molar-refractivity contribution in [3.8, 4) is 0 Å². The highest BCUT2D eigenvalue weighted by Gasteiger charge is 2.24. The van der Waals surface area contributed by atoms with Gasteiger partial charge in [0.2, 0.25) is 10.0 Å². The maximum Gasteiger partial charge on any atom is 0.251 e. The molecule has 1 amide bonds. The van der Waals surface area contributed by atoms with E-state index in [0.29, 0.717) is 30.5 Å². The first kappa shape index (κ1) is 25.9. The molecule has 0 aliphatic carbocycles. The molecule has 1 aromatic heterocycles. The summed E-state index contributed by atoms with van der Waals surface area (Å²) < 4.78 is 29.3. The van der Waals surface area contributed by atoms with Crippen LogP contribution in [-0.4, -0.2) is 41.3 Å². The predicted molar refractivity (Wildman–Crippen MR) is 143 cm³/mol. The van der Waals surface area contributed by atoms with Gasteiger partial charge >= 0.3 is 0 Å². The van der Waals surface area contributed by atoms with E-state index in [0.717, 1.165) is 16.6 Å². The lowest BCUT2D eigenvalue weighted by atomic mass is 10.2. The van der Waals surface area contributed by atoms with Gasteiger partial charge in [-0.15, -0.1) is 0 Å². The fourth-order valence-electron chi connectivity index (χ4n) is 4.26. The summed E-state index contributed by atoms with van der Waals surface area (Å²) in [4.78, 5) is 18.1. The smallest absolute Gasteiger partial charge is 0.251 e. The van der Waals surface area contributed by atoms with Crippen molar-refractivity contribution in [1.29, 1.82) is 0 Å². The van der Waals surface area contributed by atoms with E-state index in [-0.39, 0.29) is 16.4 Å². The largest absolute Gasteiger partial charge is 0.342 e. The van der Waals surface area contributed by atoms with Crippen LogP contribution in [0.4, 0.5) is 0 Å². The van der Waals surface area contributed by atoms with Gasteiger partial charge in [-0.1, -0.05) is 55.8 Å². The number of amides is 1. The Labute approximate surface area is 216 Å². The lowest BCUT2D eigenvalue weighted by Gasteiger charge is -2.19. The van der Waals surface area contributed by atoms with E-state index in [9.17, 15) is 13.2 Å². The number of imidazole rings is 1. The normalized spacial score (nSPS) is 12.7. The van der Waals surface area contributed by atoms with Crippen LogP contribution in [0.2, 0.25) is 5.02 Å². The molecular weight excluding hydrogens is 496 g/mol. The topological polar surface area (TPSA) is 84.3 Å². The molecule has 4 rings (SSSR count). The van der Waals surface area contributed by atoms with Gasteiger partial charge in [0.05, 0.1) is 22.0 Å². The fraction of sp³-hybridized carbons (Fsp3) is 0.259. The van der Waals surface area contributed by atoms with Gasteiger partial charge in [-0.2, -0.15) is 4.31 Å². The molecular formula is C27H29ClN4O3S. The summed E-state index contributed by atoms with van der Waals surface area (Å²) in [5.74, 6) is 0.317. The number of sulfonamides is 1. The van der Waals surface area contributed by atoms with E-state index in [1.165, 1.54) is 16.4 Å². The molecule has 188 valence electrons. The number of carbonyl (C=O) groups is 1. The molecule has 0 spiro atoms. The third-order valence-corrected chi connectivity index (χ3v) is 8.37. The number of benzene rings is 3. The van der Waals surface area contributed by atoms with Crippen LogP contribution < -0.4 is 5.32 Å². The number of hydrogen-bond acceptors (Lipinski definition) is 4. The molecule has 0 aliphatic heterocycles. The van der Waals surface area contributed by atoms with Crippen LogP contribution in [0.5, 0.6) is 0 Å². The Balaban J connectivity index is 1.63. The Morgan fingerprint density at radius 3 is 2.47 bits per heavy atom. The zero-order valence-corrected chi connectivity index (χ0v) is 22.1. The standard InChI is InChI=1S/C27H29ClN4O3S/c1-4-31(5-2)36(34,35)23-13-9-11-21(17-23)27(33)29-19(3)26-30-24-14-6-7-15-25(24)32(26)18-20-10-8-12-22(28)16-20/h6-17,19H,4-5,18H2,1-3H3,(H,29,33)/t19-/m0/s1. The molecule has 4 aromatic rings. The maximum atomic E-state index is 13.2. The number of para-hydroxylation sites is 2. The Morgan fingerprint density at radius 1 is 1.03 bits per heavy atom. The number of carbonyl (C=O) groups excluding carboxylic acids is 1. The lowest BCUT2D eigenvalue weighted by Crippen LogP contribution is -2.31. The van der Waals surface area contributed by atoms with Gasteiger partial charge in [0.1, 0.15) is 5.82 Å². The Hall–Kier alpha value is -3.20. The summed E-state index contributed by atoms with van der Waals surface area (Å²) in [6.45, 7) is 6.69. The molecule has 0 unspecified atom stereocenters. The van der Waals surface area contributed by atoms with Crippen molar-refractivity contribution in [3.05, 3.63) is 94.8 Å². The van der Waals surface area contributed by atoms with Gasteiger partial charge in [0, 0.05) is 30.2 Å². The van der Waals surface area contributed by atoms with E-state index in [4.69, 9.17) is 16.6 Å². The number of rotatable bonds is 9. The molecule has 0 saturated heterocycles. The minimum atomic E-state index is -3.67. The number of nitrogens with zero attached hydrogens (tertiary/aromatic N) is 3. The first-order valence-corrected chi connectivity index (χ1v) is 13.7. The van der Waals surface area contributed by atoms with Crippen molar-refractivity contribution in [1.82, 2.24) is 19.2 Å². The van der Waals surface area contributed by atoms with Crippen LogP contribution >= 0.6 is 11.6 Å². The van der Waals surface area contributed by atoms with Gasteiger partial charge in [-0.05, 0) is 55.0 Å². The number of nitrogens with one attached hydrogen (secondary N) is 1. The second-order valence-corrected chi connectivity index (χ2v) is 10.9. The van der Waals surface area contributed by atoms with E-state index in [2.05, 4.69) is 9.88 Å². The molecule has 9 heteroatoms. The second-order valence-electron chi connectivity index (χ2n) is 8.49. The molecule has 7 nitrogen and oxygen atoms in total. The first-order chi connectivity index (χ1) is 17.2. The zero-order valence-electron chi connectivity index (χ0n) is 20.5. The molecule has 0 radical (unpaired) electrons. The second kappa shape index (κ2) is 10.8. The molecule has 0 bridgehead atoms. The average molecular weight is 525 g/mol. The van der Waals surface area contributed by atoms with Crippen molar-refractivity contribution < 1.29 is 13.2 Å². The Kier molecular flexibility index (Phi) is 7.78. The van der Waals surface area contributed by atoms with E-state index in [1.807, 2.05) is 55.5 Å². The molecule has 36 heavy (non-hydrogen) atoms. The van der Waals surface area contributed by atoms with E-state index < -0.39 is 16.1 Å². The van der Waals surface area contributed by atoms with Gasteiger partial charge in [0.15, 0.2) is 0 Å². The Bertz CT molecular complexity index is 1500. The highest BCUT2D eigenvalue weighted by molar-refractivity contribution is 7.89. The van der Waals surface area contributed by atoms with E-state index >= 15 is 0 Å². The van der Waals surface area contributed by atoms with Gasteiger partial charge < -0.3 is 9.88 Å². The third kappa shape index (κ3) is 5.31. The van der Waals surface area contributed by atoms with Crippen LogP contribution in [0.1, 0.15) is 48.6 Å². The van der Waals surface area contributed by atoms with Gasteiger partial charge in [-0.3, -0.25) is 4.79 Å².